The van der Waals surface area contributed by atoms with Crippen LogP contribution in [0, 0.1) is 11.6 Å². The average Bonchev–Trinajstić information content (AvgIpc) is 2.20. The normalized spacial score (nSPS) is 10.6. The molecule has 0 aliphatic heterocycles. The van der Waals surface area contributed by atoms with Gasteiger partial charge in [-0.1, -0.05) is 6.07 Å². The highest BCUT2D eigenvalue weighted by molar-refractivity contribution is 7.98. The first-order chi connectivity index (χ1) is 6.70. The van der Waals surface area contributed by atoms with E-state index in [0.717, 1.165) is 0 Å². The minimum Gasteiger partial charge on any atom is -0.396 e. The molecule has 0 saturated heterocycles. The third kappa shape index (κ3) is 2.45. The van der Waals surface area contributed by atoms with Crippen molar-refractivity contribution in [3.05, 3.63) is 29.3 Å². The molecule has 0 aliphatic rings. The second kappa shape index (κ2) is 5.32. The summed E-state index contributed by atoms with van der Waals surface area (Å²) in [7, 11) is 0. The van der Waals surface area contributed by atoms with Gasteiger partial charge in [0.25, 0.3) is 0 Å². The molecule has 0 aliphatic carbocycles. The van der Waals surface area contributed by atoms with E-state index in [9.17, 15) is 8.78 Å². The van der Waals surface area contributed by atoms with Gasteiger partial charge in [-0.05, 0) is 30.7 Å². The third-order valence-corrected chi connectivity index (χ3v) is 2.71. The maximum absolute atomic E-state index is 13.3. The molecule has 1 aromatic rings. The van der Waals surface area contributed by atoms with Crippen LogP contribution in [0.5, 0.6) is 0 Å². The van der Waals surface area contributed by atoms with Crippen LogP contribution in [0.25, 0.3) is 0 Å². The van der Waals surface area contributed by atoms with Crippen molar-refractivity contribution in [2.75, 3.05) is 12.9 Å². The molecule has 14 heavy (non-hydrogen) atoms. The highest BCUT2D eigenvalue weighted by Crippen LogP contribution is 2.24. The average molecular weight is 218 g/mol. The van der Waals surface area contributed by atoms with E-state index >= 15 is 0 Å². The van der Waals surface area contributed by atoms with Crippen LogP contribution in [0.15, 0.2) is 17.0 Å². The Labute approximate surface area is 86.1 Å². The van der Waals surface area contributed by atoms with E-state index in [2.05, 4.69) is 0 Å². The highest BCUT2D eigenvalue weighted by atomic mass is 32.2. The van der Waals surface area contributed by atoms with Crippen molar-refractivity contribution in [3.63, 3.8) is 0 Å². The Morgan fingerprint density at radius 3 is 2.57 bits per heavy atom. The first-order valence-corrected chi connectivity index (χ1v) is 5.55. The van der Waals surface area contributed by atoms with Gasteiger partial charge in [0.1, 0.15) is 0 Å². The van der Waals surface area contributed by atoms with Crippen molar-refractivity contribution in [2.24, 2.45) is 0 Å². The number of aryl methyl sites for hydroxylation is 1. The summed E-state index contributed by atoms with van der Waals surface area (Å²) < 4.78 is 26.5. The van der Waals surface area contributed by atoms with Crippen molar-refractivity contribution in [3.8, 4) is 0 Å². The summed E-state index contributed by atoms with van der Waals surface area (Å²) in [4.78, 5) is 0.315. The minimum absolute atomic E-state index is 0.00859. The summed E-state index contributed by atoms with van der Waals surface area (Å²) in [6.07, 6.45) is 2.52. The molecule has 0 saturated carbocycles. The van der Waals surface area contributed by atoms with E-state index in [1.807, 2.05) is 0 Å². The Balaban J connectivity index is 2.92. The van der Waals surface area contributed by atoms with Crippen LogP contribution in [0.4, 0.5) is 8.78 Å². The predicted octanol–water partition coefficient (Wildman–Crippen LogP) is 2.61. The van der Waals surface area contributed by atoms with Crippen LogP contribution >= 0.6 is 11.8 Å². The van der Waals surface area contributed by atoms with Crippen molar-refractivity contribution in [1.82, 2.24) is 0 Å². The number of hydrogen-bond donors (Lipinski definition) is 1. The molecule has 1 N–H and O–H groups in total. The van der Waals surface area contributed by atoms with Gasteiger partial charge in [-0.3, -0.25) is 0 Å². The lowest BCUT2D eigenvalue weighted by atomic mass is 10.1. The zero-order chi connectivity index (χ0) is 10.6. The summed E-state index contributed by atoms with van der Waals surface area (Å²) in [5, 5.41) is 8.57. The first-order valence-electron chi connectivity index (χ1n) is 4.32. The molecule has 1 rings (SSSR count). The lowest BCUT2D eigenvalue weighted by Gasteiger charge is -2.05. The fraction of sp³-hybridized carbons (Fsp3) is 0.400. The molecule has 0 spiro atoms. The predicted molar refractivity (Wildman–Crippen MR) is 53.5 cm³/mol. The number of aliphatic hydroxyl groups is 1. The molecule has 0 bridgehead atoms. The van der Waals surface area contributed by atoms with Crippen LogP contribution in [0.3, 0.4) is 0 Å². The Morgan fingerprint density at radius 2 is 2.00 bits per heavy atom. The molecule has 0 amide bonds. The lowest BCUT2D eigenvalue weighted by Crippen LogP contribution is -1.97. The second-order valence-corrected chi connectivity index (χ2v) is 3.73. The topological polar surface area (TPSA) is 20.2 Å². The number of halogens is 2. The van der Waals surface area contributed by atoms with Gasteiger partial charge >= 0.3 is 0 Å². The molecular weight excluding hydrogens is 206 g/mol. The van der Waals surface area contributed by atoms with Gasteiger partial charge in [0.15, 0.2) is 11.6 Å². The maximum Gasteiger partial charge on any atom is 0.172 e. The summed E-state index contributed by atoms with van der Waals surface area (Å²) in [6.45, 7) is -0.00859. The number of thioether (sulfide) groups is 1. The van der Waals surface area contributed by atoms with E-state index in [-0.39, 0.29) is 6.61 Å². The van der Waals surface area contributed by atoms with Crippen molar-refractivity contribution in [2.45, 2.75) is 17.7 Å². The maximum atomic E-state index is 13.3. The highest BCUT2D eigenvalue weighted by Gasteiger charge is 2.11. The first kappa shape index (κ1) is 11.5. The summed E-state index contributed by atoms with van der Waals surface area (Å²) in [6, 6.07) is 3.13. The third-order valence-electron chi connectivity index (χ3n) is 1.95. The van der Waals surface area contributed by atoms with Gasteiger partial charge in [-0.2, -0.15) is 0 Å². The fourth-order valence-corrected chi connectivity index (χ4v) is 1.66. The molecule has 4 heteroatoms. The fourth-order valence-electron chi connectivity index (χ4n) is 1.19. The SMILES string of the molecule is CSc1ccc(CCCO)c(F)c1F. The standard InChI is InChI=1S/C10H12F2OS/c1-14-8-5-4-7(3-2-6-13)9(11)10(8)12/h4-5,13H,2-3,6H2,1H3. The van der Waals surface area contributed by atoms with Crippen LogP contribution in [0.2, 0.25) is 0 Å². The van der Waals surface area contributed by atoms with Gasteiger partial charge in [-0.15, -0.1) is 11.8 Å². The molecule has 0 atom stereocenters. The van der Waals surface area contributed by atoms with Crippen molar-refractivity contribution < 1.29 is 13.9 Å². The molecule has 0 fully saturated rings. The van der Waals surface area contributed by atoms with Gasteiger partial charge in [0.2, 0.25) is 0 Å². The summed E-state index contributed by atoms with van der Waals surface area (Å²) in [5.74, 6) is -1.57. The summed E-state index contributed by atoms with van der Waals surface area (Å²) in [5.41, 5.74) is 0.328. The largest absolute Gasteiger partial charge is 0.396 e. The van der Waals surface area contributed by atoms with Crippen LogP contribution < -0.4 is 0 Å². The smallest absolute Gasteiger partial charge is 0.172 e. The lowest BCUT2D eigenvalue weighted by molar-refractivity contribution is 0.287. The molecule has 0 radical (unpaired) electrons. The van der Waals surface area contributed by atoms with E-state index in [1.165, 1.54) is 11.8 Å². The molecule has 0 aromatic heterocycles. The van der Waals surface area contributed by atoms with Gasteiger partial charge in [0, 0.05) is 11.5 Å². The number of rotatable bonds is 4. The second-order valence-electron chi connectivity index (χ2n) is 2.88. The minimum atomic E-state index is -0.787. The summed E-state index contributed by atoms with van der Waals surface area (Å²) >= 11 is 1.18. The van der Waals surface area contributed by atoms with Crippen LogP contribution in [-0.2, 0) is 6.42 Å². The molecule has 1 aromatic carbocycles. The van der Waals surface area contributed by atoms with Crippen LogP contribution in [-0.4, -0.2) is 18.0 Å². The molecular formula is C10H12F2OS. The molecule has 1 nitrogen and oxygen atoms in total. The van der Waals surface area contributed by atoms with E-state index in [4.69, 9.17) is 5.11 Å². The van der Waals surface area contributed by atoms with E-state index < -0.39 is 11.6 Å². The van der Waals surface area contributed by atoms with Crippen molar-refractivity contribution in [1.29, 1.82) is 0 Å². The molecule has 78 valence electrons. The zero-order valence-corrected chi connectivity index (χ0v) is 8.70. The Kier molecular flexibility index (Phi) is 4.35. The van der Waals surface area contributed by atoms with E-state index in [1.54, 1.807) is 18.4 Å². The number of hydrogen-bond acceptors (Lipinski definition) is 2. The Morgan fingerprint density at radius 1 is 1.29 bits per heavy atom. The van der Waals surface area contributed by atoms with E-state index in [0.29, 0.717) is 23.3 Å². The van der Waals surface area contributed by atoms with Gasteiger partial charge < -0.3 is 5.11 Å². The van der Waals surface area contributed by atoms with Crippen LogP contribution in [0.1, 0.15) is 12.0 Å². The number of aliphatic hydroxyl groups excluding tert-OH is 1. The quantitative estimate of drug-likeness (QED) is 0.784. The Hall–Kier alpha value is -0.610. The molecule has 0 heterocycles. The zero-order valence-electron chi connectivity index (χ0n) is 7.89. The van der Waals surface area contributed by atoms with Gasteiger partial charge in [-0.25, -0.2) is 8.78 Å². The number of benzene rings is 1. The Bertz CT molecular complexity index is 315. The van der Waals surface area contributed by atoms with Crippen molar-refractivity contribution >= 4 is 11.8 Å². The molecule has 0 unspecified atom stereocenters. The monoisotopic (exact) mass is 218 g/mol. The van der Waals surface area contributed by atoms with Gasteiger partial charge in [0.05, 0.1) is 0 Å².